The number of likely N-dealkylation sites (tertiary alicyclic amines) is 1. The van der Waals surface area contributed by atoms with Gasteiger partial charge in [0.05, 0.1) is 12.8 Å². The van der Waals surface area contributed by atoms with Gasteiger partial charge in [0.1, 0.15) is 5.75 Å². The van der Waals surface area contributed by atoms with Crippen LogP contribution in [0.1, 0.15) is 19.3 Å². The Hall–Kier alpha value is -1.59. The van der Waals surface area contributed by atoms with E-state index in [1.807, 2.05) is 31.3 Å². The molecule has 2 rings (SSSR count). The molecule has 1 aromatic rings. The molecule has 0 saturated carbocycles. The number of methoxy groups -OCH3 is 1. The largest absolute Gasteiger partial charge is 0.495 e. The van der Waals surface area contributed by atoms with Crippen LogP contribution in [0, 0.1) is 0 Å². The Kier molecular flexibility index (Phi) is 6.02. The fraction of sp³-hybridized carbons (Fsp3) is 0.562. The summed E-state index contributed by atoms with van der Waals surface area (Å²) >= 11 is 0. The molecule has 1 heterocycles. The van der Waals surface area contributed by atoms with Gasteiger partial charge in [0, 0.05) is 25.6 Å². The van der Waals surface area contributed by atoms with Gasteiger partial charge in [0.15, 0.2) is 0 Å². The Labute approximate surface area is 126 Å². The Balaban J connectivity index is 1.79. The van der Waals surface area contributed by atoms with Crippen molar-refractivity contribution in [2.24, 2.45) is 0 Å². The zero-order chi connectivity index (χ0) is 15.1. The van der Waals surface area contributed by atoms with E-state index < -0.39 is 0 Å². The van der Waals surface area contributed by atoms with E-state index in [9.17, 15) is 4.79 Å². The quantitative estimate of drug-likeness (QED) is 0.838. The molecule has 5 heteroatoms. The van der Waals surface area contributed by atoms with Crippen molar-refractivity contribution in [3.8, 4) is 5.75 Å². The van der Waals surface area contributed by atoms with Crippen molar-refractivity contribution in [1.82, 2.24) is 10.2 Å². The molecule has 1 saturated heterocycles. The first kappa shape index (κ1) is 15.8. The van der Waals surface area contributed by atoms with Gasteiger partial charge < -0.3 is 20.3 Å². The molecule has 1 atom stereocenters. The number of carbonyl (C=O) groups excluding carboxylic acids is 1. The lowest BCUT2D eigenvalue weighted by atomic mass is 10.1. The van der Waals surface area contributed by atoms with Crippen LogP contribution < -0.4 is 15.4 Å². The number of carbonyl (C=O) groups is 1. The van der Waals surface area contributed by atoms with Gasteiger partial charge in [-0.15, -0.1) is 0 Å². The highest BCUT2D eigenvalue weighted by Crippen LogP contribution is 2.23. The Morgan fingerprint density at radius 1 is 1.43 bits per heavy atom. The number of anilines is 1. The molecule has 0 aliphatic carbocycles. The predicted molar refractivity (Wildman–Crippen MR) is 84.8 cm³/mol. The molecule has 0 spiro atoms. The number of hydrogen-bond donors (Lipinski definition) is 2. The third kappa shape index (κ3) is 4.72. The second kappa shape index (κ2) is 8.00. The predicted octanol–water partition coefficient (Wildman–Crippen LogP) is 1.71. The van der Waals surface area contributed by atoms with E-state index in [0.29, 0.717) is 18.2 Å². The van der Waals surface area contributed by atoms with Crippen LogP contribution in [0.15, 0.2) is 24.3 Å². The van der Waals surface area contributed by atoms with Crippen molar-refractivity contribution in [1.29, 1.82) is 0 Å². The number of amides is 1. The molecule has 116 valence electrons. The Bertz CT molecular complexity index is 465. The lowest BCUT2D eigenvalue weighted by molar-refractivity contribution is -0.116. The van der Waals surface area contributed by atoms with Gasteiger partial charge in [0.25, 0.3) is 0 Å². The van der Waals surface area contributed by atoms with Gasteiger partial charge in [-0.25, -0.2) is 0 Å². The smallest absolute Gasteiger partial charge is 0.225 e. The fourth-order valence-electron chi connectivity index (χ4n) is 2.71. The van der Waals surface area contributed by atoms with Gasteiger partial charge in [-0.05, 0) is 38.6 Å². The molecule has 1 fully saturated rings. The number of nitrogens with one attached hydrogen (secondary N) is 2. The van der Waals surface area contributed by atoms with Gasteiger partial charge in [-0.1, -0.05) is 12.1 Å². The highest BCUT2D eigenvalue weighted by atomic mass is 16.5. The van der Waals surface area contributed by atoms with Crippen molar-refractivity contribution >= 4 is 11.6 Å². The summed E-state index contributed by atoms with van der Waals surface area (Å²) in [5.41, 5.74) is 0.733. The molecule has 1 aromatic carbocycles. The Morgan fingerprint density at radius 2 is 2.24 bits per heavy atom. The first-order valence-corrected chi connectivity index (χ1v) is 7.55. The number of likely N-dealkylation sites (N-methyl/N-ethyl adjacent to an activating group) is 1. The highest BCUT2D eigenvalue weighted by molar-refractivity contribution is 5.92. The minimum Gasteiger partial charge on any atom is -0.495 e. The number of benzene rings is 1. The van der Waals surface area contributed by atoms with Crippen molar-refractivity contribution < 1.29 is 9.53 Å². The molecule has 1 amide bonds. The molecular weight excluding hydrogens is 266 g/mol. The second-order valence-corrected chi connectivity index (χ2v) is 5.43. The summed E-state index contributed by atoms with van der Waals surface area (Å²) in [5, 5.41) is 6.24. The summed E-state index contributed by atoms with van der Waals surface area (Å²) in [5.74, 6) is 0.727. The van der Waals surface area contributed by atoms with Crippen LogP contribution in [0.4, 0.5) is 5.69 Å². The molecule has 1 aliphatic heterocycles. The molecule has 0 bridgehead atoms. The van der Waals surface area contributed by atoms with E-state index in [1.54, 1.807) is 7.11 Å². The number of piperidine rings is 1. The average molecular weight is 291 g/mol. The lowest BCUT2D eigenvalue weighted by Crippen LogP contribution is -2.45. The summed E-state index contributed by atoms with van der Waals surface area (Å²) in [6.07, 6.45) is 2.93. The normalized spacial score (nSPS) is 19.2. The van der Waals surface area contributed by atoms with Crippen LogP contribution in [-0.4, -0.2) is 50.6 Å². The van der Waals surface area contributed by atoms with Crippen LogP contribution in [0.25, 0.3) is 0 Å². The van der Waals surface area contributed by atoms with Crippen LogP contribution in [0.2, 0.25) is 0 Å². The van der Waals surface area contributed by atoms with Crippen LogP contribution in [-0.2, 0) is 4.79 Å². The maximum Gasteiger partial charge on any atom is 0.225 e. The Morgan fingerprint density at radius 3 is 3.00 bits per heavy atom. The molecule has 1 aliphatic rings. The minimum absolute atomic E-state index is 0.0334. The summed E-state index contributed by atoms with van der Waals surface area (Å²) in [6.45, 7) is 2.91. The zero-order valence-corrected chi connectivity index (χ0v) is 12.9. The fourth-order valence-corrected chi connectivity index (χ4v) is 2.71. The molecule has 0 aromatic heterocycles. The van der Waals surface area contributed by atoms with Crippen LogP contribution >= 0.6 is 0 Å². The molecule has 0 radical (unpaired) electrons. The molecule has 21 heavy (non-hydrogen) atoms. The topological polar surface area (TPSA) is 53.6 Å². The number of para-hydroxylation sites is 2. The monoisotopic (exact) mass is 291 g/mol. The molecule has 1 unspecified atom stereocenters. The molecular formula is C16H25N3O2. The van der Waals surface area contributed by atoms with Crippen molar-refractivity contribution in [3.63, 3.8) is 0 Å². The SMILES string of the molecule is CNC1CCCN(CCC(=O)Nc2ccccc2OC)C1. The molecule has 2 N–H and O–H groups in total. The lowest BCUT2D eigenvalue weighted by Gasteiger charge is -2.32. The van der Waals surface area contributed by atoms with E-state index in [2.05, 4.69) is 15.5 Å². The van der Waals surface area contributed by atoms with E-state index in [0.717, 1.165) is 25.3 Å². The van der Waals surface area contributed by atoms with Gasteiger partial charge in [0.2, 0.25) is 5.91 Å². The number of nitrogens with zero attached hydrogens (tertiary/aromatic N) is 1. The number of hydrogen-bond acceptors (Lipinski definition) is 4. The molecule has 5 nitrogen and oxygen atoms in total. The summed E-state index contributed by atoms with van der Waals surface area (Å²) in [4.78, 5) is 14.4. The minimum atomic E-state index is 0.0334. The summed E-state index contributed by atoms with van der Waals surface area (Å²) in [6, 6.07) is 8.03. The van der Waals surface area contributed by atoms with E-state index >= 15 is 0 Å². The first-order chi connectivity index (χ1) is 10.2. The van der Waals surface area contributed by atoms with Crippen molar-refractivity contribution in [2.75, 3.05) is 39.1 Å². The summed E-state index contributed by atoms with van der Waals surface area (Å²) in [7, 11) is 3.61. The van der Waals surface area contributed by atoms with Gasteiger partial charge >= 0.3 is 0 Å². The third-order valence-electron chi connectivity index (χ3n) is 3.95. The standard InChI is InChI=1S/C16H25N3O2/c1-17-13-6-5-10-19(12-13)11-9-16(20)18-14-7-3-4-8-15(14)21-2/h3-4,7-8,13,17H,5-6,9-12H2,1-2H3,(H,18,20). The average Bonchev–Trinajstić information content (AvgIpc) is 2.53. The second-order valence-electron chi connectivity index (χ2n) is 5.43. The maximum absolute atomic E-state index is 12.1. The number of rotatable bonds is 6. The summed E-state index contributed by atoms with van der Waals surface area (Å²) < 4.78 is 5.24. The zero-order valence-electron chi connectivity index (χ0n) is 12.9. The van der Waals surface area contributed by atoms with Gasteiger partial charge in [-0.2, -0.15) is 0 Å². The first-order valence-electron chi connectivity index (χ1n) is 7.55. The van der Waals surface area contributed by atoms with Gasteiger partial charge in [-0.3, -0.25) is 4.79 Å². The highest BCUT2D eigenvalue weighted by Gasteiger charge is 2.18. The van der Waals surface area contributed by atoms with Crippen molar-refractivity contribution in [2.45, 2.75) is 25.3 Å². The van der Waals surface area contributed by atoms with E-state index in [-0.39, 0.29) is 5.91 Å². The number of ether oxygens (including phenoxy) is 1. The van der Waals surface area contributed by atoms with Crippen molar-refractivity contribution in [3.05, 3.63) is 24.3 Å². The van der Waals surface area contributed by atoms with Crippen LogP contribution in [0.3, 0.4) is 0 Å². The van der Waals surface area contributed by atoms with E-state index in [1.165, 1.54) is 12.8 Å². The third-order valence-corrected chi connectivity index (χ3v) is 3.95. The van der Waals surface area contributed by atoms with E-state index in [4.69, 9.17) is 4.74 Å². The van der Waals surface area contributed by atoms with Crippen LogP contribution in [0.5, 0.6) is 5.75 Å². The maximum atomic E-state index is 12.1.